The number of fused-ring (bicyclic) bond motifs is 2. The minimum atomic E-state index is -1.62. The third-order valence-corrected chi connectivity index (χ3v) is 5.32. The minimum Gasteiger partial charge on any atom is -0.507 e. The van der Waals surface area contributed by atoms with Gasteiger partial charge in [0.2, 0.25) is 0 Å². The SMILES string of the molecule is O=C1c2ccccc2C(=O)c2c(NS(=O)c3ccccc3)ccc(O)c21. The molecular weight excluding hydrogens is 350 g/mol. The molecule has 26 heavy (non-hydrogen) atoms. The molecule has 1 unspecified atom stereocenters. The van der Waals surface area contributed by atoms with Crippen LogP contribution in [0.15, 0.2) is 71.6 Å². The number of ketones is 2. The molecule has 0 aliphatic heterocycles. The molecular formula is C20H13NO4S. The van der Waals surface area contributed by atoms with Crippen molar-refractivity contribution in [1.82, 2.24) is 0 Å². The Labute approximate surface area is 151 Å². The van der Waals surface area contributed by atoms with Crippen LogP contribution in [-0.4, -0.2) is 20.9 Å². The van der Waals surface area contributed by atoms with Gasteiger partial charge in [-0.05, 0) is 24.3 Å². The molecule has 1 aliphatic rings. The van der Waals surface area contributed by atoms with Crippen LogP contribution in [0.3, 0.4) is 0 Å². The molecule has 5 nitrogen and oxygen atoms in total. The van der Waals surface area contributed by atoms with E-state index in [1.54, 1.807) is 48.5 Å². The number of phenolic OH excluding ortho intramolecular Hbond substituents is 1. The summed E-state index contributed by atoms with van der Waals surface area (Å²) in [5, 5.41) is 10.2. The van der Waals surface area contributed by atoms with Crippen LogP contribution < -0.4 is 4.72 Å². The summed E-state index contributed by atoms with van der Waals surface area (Å²) < 4.78 is 15.3. The lowest BCUT2D eigenvalue weighted by Crippen LogP contribution is -2.23. The molecule has 1 aliphatic carbocycles. The highest BCUT2D eigenvalue weighted by Crippen LogP contribution is 2.37. The zero-order chi connectivity index (χ0) is 18.3. The number of phenols is 1. The van der Waals surface area contributed by atoms with Crippen molar-refractivity contribution in [3.05, 3.63) is 89.0 Å². The molecule has 0 radical (unpaired) electrons. The smallest absolute Gasteiger partial charge is 0.198 e. The van der Waals surface area contributed by atoms with E-state index in [9.17, 15) is 18.9 Å². The molecule has 128 valence electrons. The molecule has 2 N–H and O–H groups in total. The number of carbonyl (C=O) groups excluding carboxylic acids is 2. The predicted molar refractivity (Wildman–Crippen MR) is 97.9 cm³/mol. The van der Waals surface area contributed by atoms with Gasteiger partial charge in [0.25, 0.3) is 0 Å². The van der Waals surface area contributed by atoms with E-state index in [0.29, 0.717) is 4.90 Å². The average molecular weight is 363 g/mol. The number of hydrogen-bond acceptors (Lipinski definition) is 4. The third-order valence-electron chi connectivity index (χ3n) is 4.21. The topological polar surface area (TPSA) is 83.5 Å². The molecule has 6 heteroatoms. The first-order valence-corrected chi connectivity index (χ1v) is 9.01. The molecule has 4 rings (SSSR count). The van der Waals surface area contributed by atoms with Gasteiger partial charge in [0.1, 0.15) is 16.7 Å². The Balaban J connectivity index is 1.84. The van der Waals surface area contributed by atoms with Gasteiger partial charge in [0.15, 0.2) is 11.6 Å². The number of rotatable bonds is 3. The first kappa shape index (κ1) is 16.2. The lowest BCUT2D eigenvalue weighted by atomic mass is 9.83. The normalized spacial score (nSPS) is 13.7. The zero-order valence-electron chi connectivity index (χ0n) is 13.4. The Morgan fingerprint density at radius 1 is 0.731 bits per heavy atom. The highest BCUT2D eigenvalue weighted by atomic mass is 32.2. The number of hydrogen-bond donors (Lipinski definition) is 2. The van der Waals surface area contributed by atoms with Crippen LogP contribution in [-0.2, 0) is 11.0 Å². The predicted octanol–water partition coefficient (Wildman–Crippen LogP) is 3.30. The van der Waals surface area contributed by atoms with Crippen molar-refractivity contribution in [2.45, 2.75) is 4.90 Å². The maximum atomic E-state index is 12.9. The van der Waals surface area contributed by atoms with Gasteiger partial charge in [-0.1, -0.05) is 42.5 Å². The monoisotopic (exact) mass is 363 g/mol. The fourth-order valence-electron chi connectivity index (χ4n) is 2.99. The number of nitrogens with one attached hydrogen (secondary N) is 1. The van der Waals surface area contributed by atoms with Crippen LogP contribution in [0.2, 0.25) is 0 Å². The van der Waals surface area contributed by atoms with Gasteiger partial charge < -0.3 is 9.83 Å². The Morgan fingerprint density at radius 2 is 1.31 bits per heavy atom. The van der Waals surface area contributed by atoms with Crippen LogP contribution in [0.5, 0.6) is 5.75 Å². The quantitative estimate of drug-likeness (QED) is 0.547. The molecule has 0 heterocycles. The molecule has 0 saturated heterocycles. The Hall–Kier alpha value is -3.25. The van der Waals surface area contributed by atoms with Crippen LogP contribution in [0.1, 0.15) is 31.8 Å². The first-order chi connectivity index (χ1) is 12.6. The Bertz CT molecular complexity index is 1080. The summed E-state index contributed by atoms with van der Waals surface area (Å²) in [5.74, 6) is -1.09. The second-order valence-electron chi connectivity index (χ2n) is 5.77. The van der Waals surface area contributed by atoms with E-state index < -0.39 is 22.6 Å². The molecule has 0 fully saturated rings. The van der Waals surface area contributed by atoms with Crippen molar-refractivity contribution in [2.24, 2.45) is 0 Å². The van der Waals surface area contributed by atoms with E-state index in [1.165, 1.54) is 12.1 Å². The van der Waals surface area contributed by atoms with E-state index in [0.717, 1.165) is 0 Å². The number of anilines is 1. The summed E-state index contributed by atoms with van der Waals surface area (Å²) in [6, 6.07) is 17.9. The first-order valence-electron chi connectivity index (χ1n) is 7.86. The standard InChI is InChI=1S/C20H13NO4S/c22-16-11-10-15(21-26(25)12-6-2-1-3-7-12)17-18(16)20(24)14-9-5-4-8-13(14)19(17)23/h1-11,21-22H. The van der Waals surface area contributed by atoms with Crippen LogP contribution in [0.25, 0.3) is 0 Å². The van der Waals surface area contributed by atoms with Crippen molar-refractivity contribution in [3.8, 4) is 5.75 Å². The summed E-state index contributed by atoms with van der Waals surface area (Å²) >= 11 is 0. The van der Waals surface area contributed by atoms with Gasteiger partial charge in [0.05, 0.1) is 21.7 Å². The highest BCUT2D eigenvalue weighted by Gasteiger charge is 2.34. The van der Waals surface area contributed by atoms with Gasteiger partial charge in [-0.3, -0.25) is 9.59 Å². The molecule has 0 spiro atoms. The zero-order valence-corrected chi connectivity index (χ0v) is 14.2. The fourth-order valence-corrected chi connectivity index (χ4v) is 3.89. The second-order valence-corrected chi connectivity index (χ2v) is 6.98. The summed E-state index contributed by atoms with van der Waals surface area (Å²) in [7, 11) is -1.62. The molecule has 3 aromatic rings. The van der Waals surface area contributed by atoms with Crippen molar-refractivity contribution < 1.29 is 18.9 Å². The number of aromatic hydroxyl groups is 1. The summed E-state index contributed by atoms with van der Waals surface area (Å²) in [6.45, 7) is 0. The van der Waals surface area contributed by atoms with Crippen LogP contribution >= 0.6 is 0 Å². The Kier molecular flexibility index (Phi) is 3.89. The summed E-state index contributed by atoms with van der Waals surface area (Å²) in [4.78, 5) is 26.2. The van der Waals surface area contributed by atoms with E-state index in [-0.39, 0.29) is 33.7 Å². The summed E-state index contributed by atoms with van der Waals surface area (Å²) in [5.41, 5.74) is 0.736. The van der Waals surface area contributed by atoms with Crippen molar-refractivity contribution in [2.75, 3.05) is 4.72 Å². The average Bonchev–Trinajstić information content (AvgIpc) is 2.68. The van der Waals surface area contributed by atoms with Gasteiger partial charge in [0, 0.05) is 11.1 Å². The minimum absolute atomic E-state index is 0.0398. The summed E-state index contributed by atoms with van der Waals surface area (Å²) in [6.07, 6.45) is 0. The molecule has 0 saturated carbocycles. The van der Waals surface area contributed by atoms with Gasteiger partial charge in [-0.2, -0.15) is 0 Å². The molecule has 0 aromatic heterocycles. The Morgan fingerprint density at radius 3 is 1.96 bits per heavy atom. The van der Waals surface area contributed by atoms with Crippen molar-refractivity contribution in [3.63, 3.8) is 0 Å². The van der Waals surface area contributed by atoms with Crippen LogP contribution in [0.4, 0.5) is 5.69 Å². The van der Waals surface area contributed by atoms with E-state index >= 15 is 0 Å². The molecule has 3 aromatic carbocycles. The largest absolute Gasteiger partial charge is 0.507 e. The molecule has 0 bridgehead atoms. The van der Waals surface area contributed by atoms with E-state index in [2.05, 4.69) is 4.72 Å². The number of carbonyl (C=O) groups is 2. The highest BCUT2D eigenvalue weighted by molar-refractivity contribution is 7.86. The lowest BCUT2D eigenvalue weighted by molar-refractivity contribution is 0.0977. The van der Waals surface area contributed by atoms with Crippen LogP contribution in [0, 0.1) is 0 Å². The van der Waals surface area contributed by atoms with Gasteiger partial charge in [-0.25, -0.2) is 4.21 Å². The van der Waals surface area contributed by atoms with E-state index in [4.69, 9.17) is 0 Å². The van der Waals surface area contributed by atoms with Crippen molar-refractivity contribution >= 4 is 28.2 Å². The maximum absolute atomic E-state index is 12.9. The van der Waals surface area contributed by atoms with Gasteiger partial charge >= 0.3 is 0 Å². The molecule has 1 atom stereocenters. The lowest BCUT2D eigenvalue weighted by Gasteiger charge is -2.21. The van der Waals surface area contributed by atoms with Gasteiger partial charge in [-0.15, -0.1) is 0 Å². The second kappa shape index (κ2) is 6.24. The fraction of sp³-hybridized carbons (Fsp3) is 0. The van der Waals surface area contributed by atoms with Crippen molar-refractivity contribution in [1.29, 1.82) is 0 Å². The number of benzene rings is 3. The third kappa shape index (κ3) is 2.51. The maximum Gasteiger partial charge on any atom is 0.198 e. The van der Waals surface area contributed by atoms with E-state index in [1.807, 2.05) is 6.07 Å². The molecule has 0 amide bonds.